The van der Waals surface area contributed by atoms with E-state index in [9.17, 15) is 4.79 Å². The Labute approximate surface area is 80.1 Å². The normalized spacial score (nSPS) is 37.8. The fourth-order valence-corrected chi connectivity index (χ4v) is 2.79. The maximum Gasteiger partial charge on any atom is 0.137 e. The molecule has 74 valence electrons. The fourth-order valence-electron chi connectivity index (χ4n) is 2.79. The van der Waals surface area contributed by atoms with E-state index < -0.39 is 0 Å². The molecule has 1 aliphatic carbocycles. The van der Waals surface area contributed by atoms with Crippen molar-refractivity contribution in [3.63, 3.8) is 0 Å². The van der Waals surface area contributed by atoms with Crippen molar-refractivity contribution in [3.05, 3.63) is 0 Å². The highest BCUT2D eigenvalue weighted by Gasteiger charge is 2.38. The molecular formula is C11H19NO. The van der Waals surface area contributed by atoms with Crippen LogP contribution in [-0.2, 0) is 4.79 Å². The summed E-state index contributed by atoms with van der Waals surface area (Å²) in [6.07, 6.45) is 5.52. The van der Waals surface area contributed by atoms with Gasteiger partial charge in [-0.05, 0) is 38.1 Å². The molecule has 3 rings (SSSR count). The van der Waals surface area contributed by atoms with Gasteiger partial charge in [-0.3, -0.25) is 4.79 Å². The summed E-state index contributed by atoms with van der Waals surface area (Å²) in [5.41, 5.74) is 0. The average Bonchev–Trinajstić information content (AvgIpc) is 2.20. The Balaban J connectivity index is 1.96. The minimum atomic E-state index is 0.354. The second-order valence-corrected chi connectivity index (χ2v) is 4.52. The Morgan fingerprint density at radius 2 is 2.31 bits per heavy atom. The average molecular weight is 181 g/mol. The predicted molar refractivity (Wildman–Crippen MR) is 52.5 cm³/mol. The highest BCUT2D eigenvalue weighted by atomic mass is 16.1. The molecule has 0 aromatic carbocycles. The number of carbonyl (C=O) groups excluding carboxylic acids is 1. The lowest BCUT2D eigenvalue weighted by Crippen LogP contribution is -2.52. The molecular weight excluding hydrogens is 162 g/mol. The Morgan fingerprint density at radius 1 is 1.46 bits per heavy atom. The second-order valence-electron chi connectivity index (χ2n) is 4.52. The number of ketones is 1. The van der Waals surface area contributed by atoms with Gasteiger partial charge in [0.15, 0.2) is 0 Å². The first kappa shape index (κ1) is 9.20. The van der Waals surface area contributed by atoms with Crippen molar-refractivity contribution in [2.75, 3.05) is 6.54 Å². The lowest BCUT2D eigenvalue weighted by atomic mass is 9.72. The first-order chi connectivity index (χ1) is 6.31. The Bertz CT molecular complexity index is 194. The molecule has 0 spiro atoms. The third kappa shape index (κ3) is 1.78. The van der Waals surface area contributed by atoms with Crippen LogP contribution in [0, 0.1) is 11.8 Å². The smallest absolute Gasteiger partial charge is 0.137 e. The van der Waals surface area contributed by atoms with E-state index in [1.165, 1.54) is 12.8 Å². The van der Waals surface area contributed by atoms with Crippen LogP contribution in [0.15, 0.2) is 0 Å². The quantitative estimate of drug-likeness (QED) is 0.718. The minimum Gasteiger partial charge on any atom is -0.313 e. The van der Waals surface area contributed by atoms with Crippen LogP contribution in [0.5, 0.6) is 0 Å². The Kier molecular flexibility index (Phi) is 2.68. The summed E-state index contributed by atoms with van der Waals surface area (Å²) in [7, 11) is 0. The molecule has 0 amide bonds. The van der Waals surface area contributed by atoms with Crippen LogP contribution in [0.25, 0.3) is 0 Å². The van der Waals surface area contributed by atoms with Crippen molar-refractivity contribution in [1.82, 2.24) is 5.32 Å². The van der Waals surface area contributed by atoms with E-state index >= 15 is 0 Å². The summed E-state index contributed by atoms with van der Waals surface area (Å²) in [6, 6.07) is 0.518. The standard InChI is InChI=1S/C11H19NO/c1-2-3-11(13)9-6-8-4-5-10(9)12-7-8/h8-10,12H,2-7H2,1H3. The van der Waals surface area contributed by atoms with Crippen LogP contribution in [0.4, 0.5) is 0 Å². The number of carbonyl (C=O) groups is 1. The monoisotopic (exact) mass is 181 g/mol. The van der Waals surface area contributed by atoms with Gasteiger partial charge in [-0.25, -0.2) is 0 Å². The van der Waals surface area contributed by atoms with Crippen molar-refractivity contribution in [2.24, 2.45) is 11.8 Å². The largest absolute Gasteiger partial charge is 0.313 e. The maximum atomic E-state index is 11.7. The van der Waals surface area contributed by atoms with E-state index in [-0.39, 0.29) is 0 Å². The van der Waals surface area contributed by atoms with Crippen molar-refractivity contribution in [2.45, 2.75) is 45.1 Å². The molecule has 0 aromatic heterocycles. The summed E-state index contributed by atoms with van der Waals surface area (Å²) in [5.74, 6) is 1.65. The predicted octanol–water partition coefficient (Wildman–Crippen LogP) is 1.74. The molecule has 1 N–H and O–H groups in total. The lowest BCUT2D eigenvalue weighted by molar-refractivity contribution is -0.126. The van der Waals surface area contributed by atoms with Crippen molar-refractivity contribution in [1.29, 1.82) is 0 Å². The number of rotatable bonds is 3. The van der Waals surface area contributed by atoms with E-state index in [1.54, 1.807) is 0 Å². The molecule has 2 nitrogen and oxygen atoms in total. The molecule has 13 heavy (non-hydrogen) atoms. The number of nitrogens with one attached hydrogen (secondary N) is 1. The van der Waals surface area contributed by atoms with Gasteiger partial charge in [0.1, 0.15) is 5.78 Å². The van der Waals surface area contributed by atoms with Crippen LogP contribution >= 0.6 is 0 Å². The molecule has 3 atom stereocenters. The Morgan fingerprint density at radius 3 is 2.77 bits per heavy atom. The molecule has 2 bridgehead atoms. The molecule has 2 aliphatic heterocycles. The number of piperidine rings is 2. The number of fused-ring (bicyclic) bond motifs is 3. The fraction of sp³-hybridized carbons (Fsp3) is 0.909. The van der Waals surface area contributed by atoms with Gasteiger partial charge in [-0.15, -0.1) is 0 Å². The summed E-state index contributed by atoms with van der Waals surface area (Å²) >= 11 is 0. The van der Waals surface area contributed by atoms with Gasteiger partial charge in [0.05, 0.1) is 0 Å². The summed E-state index contributed by atoms with van der Waals surface area (Å²) in [5, 5.41) is 3.49. The number of hydrogen-bond acceptors (Lipinski definition) is 2. The van der Waals surface area contributed by atoms with Crippen LogP contribution < -0.4 is 5.32 Å². The maximum absolute atomic E-state index is 11.7. The van der Waals surface area contributed by atoms with E-state index in [4.69, 9.17) is 0 Å². The topological polar surface area (TPSA) is 29.1 Å². The van der Waals surface area contributed by atoms with Gasteiger partial charge in [-0.2, -0.15) is 0 Å². The van der Waals surface area contributed by atoms with Crippen molar-refractivity contribution >= 4 is 5.78 Å². The van der Waals surface area contributed by atoms with Gasteiger partial charge >= 0.3 is 0 Å². The summed E-state index contributed by atoms with van der Waals surface area (Å²) in [4.78, 5) is 11.7. The van der Waals surface area contributed by atoms with Crippen LogP contribution in [0.3, 0.4) is 0 Å². The number of Topliss-reactive ketones (excluding diaryl/α,β-unsaturated/α-hetero) is 1. The van der Waals surface area contributed by atoms with Gasteiger partial charge in [0, 0.05) is 18.4 Å². The lowest BCUT2D eigenvalue weighted by Gasteiger charge is -2.42. The molecule has 0 aromatic rings. The summed E-state index contributed by atoms with van der Waals surface area (Å²) in [6.45, 7) is 3.24. The van der Waals surface area contributed by atoms with E-state index in [0.29, 0.717) is 17.7 Å². The molecule has 1 saturated carbocycles. The van der Waals surface area contributed by atoms with Gasteiger partial charge in [0.2, 0.25) is 0 Å². The molecule has 3 unspecified atom stereocenters. The highest BCUT2D eigenvalue weighted by molar-refractivity contribution is 5.81. The number of hydrogen-bond donors (Lipinski definition) is 1. The van der Waals surface area contributed by atoms with Gasteiger partial charge in [0.25, 0.3) is 0 Å². The van der Waals surface area contributed by atoms with E-state index in [1.807, 2.05) is 0 Å². The molecule has 3 fully saturated rings. The van der Waals surface area contributed by atoms with Crippen LogP contribution in [-0.4, -0.2) is 18.4 Å². The third-order valence-electron chi connectivity index (χ3n) is 3.54. The van der Waals surface area contributed by atoms with E-state index in [2.05, 4.69) is 12.2 Å². The molecule has 2 heterocycles. The molecule has 2 saturated heterocycles. The zero-order chi connectivity index (χ0) is 9.26. The third-order valence-corrected chi connectivity index (χ3v) is 3.54. The first-order valence-electron chi connectivity index (χ1n) is 5.57. The van der Waals surface area contributed by atoms with Crippen LogP contribution in [0.2, 0.25) is 0 Å². The Hall–Kier alpha value is -0.370. The van der Waals surface area contributed by atoms with Gasteiger partial charge < -0.3 is 5.32 Å². The second kappa shape index (κ2) is 3.79. The SMILES string of the molecule is CCCC(=O)C1CC2CCC1NC2. The zero-order valence-electron chi connectivity index (χ0n) is 8.38. The van der Waals surface area contributed by atoms with E-state index in [0.717, 1.165) is 31.7 Å². The first-order valence-corrected chi connectivity index (χ1v) is 5.57. The summed E-state index contributed by atoms with van der Waals surface area (Å²) < 4.78 is 0. The molecule has 2 heteroatoms. The highest BCUT2D eigenvalue weighted by Crippen LogP contribution is 2.34. The molecule has 0 radical (unpaired) electrons. The van der Waals surface area contributed by atoms with Crippen LogP contribution in [0.1, 0.15) is 39.0 Å². The van der Waals surface area contributed by atoms with Gasteiger partial charge in [-0.1, -0.05) is 6.92 Å². The minimum absolute atomic E-state index is 0.354. The molecule has 3 aliphatic rings. The van der Waals surface area contributed by atoms with Crippen molar-refractivity contribution in [3.8, 4) is 0 Å². The zero-order valence-corrected chi connectivity index (χ0v) is 8.38. The van der Waals surface area contributed by atoms with Crippen molar-refractivity contribution < 1.29 is 4.79 Å².